The number of hydrogen-bond donors (Lipinski definition) is 0. The van der Waals surface area contributed by atoms with E-state index in [1.165, 1.54) is 5.56 Å². The summed E-state index contributed by atoms with van der Waals surface area (Å²) in [7, 11) is 3.66. The van der Waals surface area contributed by atoms with Gasteiger partial charge in [0, 0.05) is 15.8 Å². The molecule has 0 amide bonds. The van der Waals surface area contributed by atoms with Crippen LogP contribution in [0.1, 0.15) is 26.3 Å². The molecule has 0 bridgehead atoms. The molecule has 0 spiro atoms. The van der Waals surface area contributed by atoms with Gasteiger partial charge < -0.3 is 4.55 Å². The molecule has 0 N–H and O–H groups in total. The van der Waals surface area contributed by atoms with E-state index >= 15 is 0 Å². The van der Waals surface area contributed by atoms with Crippen LogP contribution in [0.15, 0.2) is 24.3 Å². The number of nitrogens with zero attached hydrogens (tertiary/aromatic N) is 1. The Hall–Kier alpha value is -0.453. The maximum Gasteiger partial charge on any atom is 0.158 e. The second-order valence-corrected chi connectivity index (χ2v) is 6.93. The third-order valence-electron chi connectivity index (χ3n) is 3.28. The molecule has 0 saturated carbocycles. The van der Waals surface area contributed by atoms with E-state index in [0.717, 1.165) is 5.69 Å². The Balaban J connectivity index is 2.43. The second-order valence-electron chi connectivity index (χ2n) is 4.76. The summed E-state index contributed by atoms with van der Waals surface area (Å²) in [5, 5.41) is 0. The monoisotopic (exact) mass is 250 g/mol. The zero-order valence-electron chi connectivity index (χ0n) is 9.86. The summed E-state index contributed by atoms with van der Waals surface area (Å²) < 4.78 is 14.2. The molecule has 85 valence electrons. The molecule has 2 rings (SSSR count). The molecule has 0 aliphatic carbocycles. The zero-order chi connectivity index (χ0) is 11.9. The number of rotatable bonds is 2. The highest BCUT2D eigenvalue weighted by Crippen LogP contribution is 2.42. The summed E-state index contributed by atoms with van der Waals surface area (Å²) >= 11 is -0.945. The van der Waals surface area contributed by atoms with Crippen LogP contribution in [0.2, 0.25) is 5.54 Å². The number of anilines is 1. The average Bonchev–Trinajstić information content (AvgIpc) is 2.53. The lowest BCUT2D eigenvalue weighted by Crippen LogP contribution is -2.48. The van der Waals surface area contributed by atoms with Gasteiger partial charge in [0.1, 0.15) is 0 Å². The lowest BCUT2D eigenvalue weighted by molar-refractivity contribution is 0.489. The summed E-state index contributed by atoms with van der Waals surface area (Å²) in [4.78, 5) is 0. The standard InChI is InChI=1S/C12H16NOSSi/c1-9(16)12(2,3)13-11-7-5-4-6-10(11)8-15(13)14/h4-7,9H,8H2,1-3H3. The molecule has 2 atom stereocenters. The molecule has 1 aromatic rings. The first-order valence-electron chi connectivity index (χ1n) is 5.42. The van der Waals surface area contributed by atoms with Gasteiger partial charge in [-0.15, -0.1) is 0 Å². The zero-order valence-corrected chi connectivity index (χ0v) is 11.7. The van der Waals surface area contributed by atoms with E-state index in [1.54, 1.807) is 0 Å². The number of benzene rings is 1. The summed E-state index contributed by atoms with van der Waals surface area (Å²) in [6.45, 7) is 6.32. The normalized spacial score (nSPS) is 22.1. The highest BCUT2D eigenvalue weighted by atomic mass is 32.2. The fourth-order valence-electron chi connectivity index (χ4n) is 1.89. The van der Waals surface area contributed by atoms with Gasteiger partial charge in [0.15, 0.2) is 5.75 Å². The predicted octanol–water partition coefficient (Wildman–Crippen LogP) is 2.43. The Morgan fingerprint density at radius 1 is 1.44 bits per heavy atom. The molecule has 1 aliphatic rings. The predicted molar refractivity (Wildman–Crippen MR) is 70.0 cm³/mol. The second kappa shape index (κ2) is 4.09. The van der Waals surface area contributed by atoms with Crippen molar-refractivity contribution < 1.29 is 4.55 Å². The van der Waals surface area contributed by atoms with E-state index < -0.39 is 11.4 Å². The van der Waals surface area contributed by atoms with Crippen molar-refractivity contribution >= 4 is 27.3 Å². The summed E-state index contributed by atoms with van der Waals surface area (Å²) in [5.74, 6) is 0.637. The Labute approximate surface area is 104 Å². The van der Waals surface area contributed by atoms with Crippen LogP contribution >= 0.6 is 0 Å². The molecule has 3 radical (unpaired) electrons. The molecular weight excluding hydrogens is 234 g/mol. The largest absolute Gasteiger partial charge is 0.593 e. The molecular formula is C12H16NOSSi. The van der Waals surface area contributed by atoms with Crippen molar-refractivity contribution in [2.75, 3.05) is 4.31 Å². The van der Waals surface area contributed by atoms with Gasteiger partial charge >= 0.3 is 0 Å². The first-order valence-corrected chi connectivity index (χ1v) is 7.27. The highest BCUT2D eigenvalue weighted by molar-refractivity contribution is 7.92. The van der Waals surface area contributed by atoms with Crippen LogP contribution < -0.4 is 4.31 Å². The van der Waals surface area contributed by atoms with Crippen molar-refractivity contribution in [1.82, 2.24) is 0 Å². The summed E-state index contributed by atoms with van der Waals surface area (Å²) in [6, 6.07) is 8.12. The van der Waals surface area contributed by atoms with Crippen molar-refractivity contribution in [3.63, 3.8) is 0 Å². The van der Waals surface area contributed by atoms with Crippen molar-refractivity contribution in [1.29, 1.82) is 0 Å². The van der Waals surface area contributed by atoms with Crippen LogP contribution in [-0.2, 0) is 17.1 Å². The van der Waals surface area contributed by atoms with Crippen molar-refractivity contribution in [2.24, 2.45) is 0 Å². The molecule has 2 unspecified atom stereocenters. The highest BCUT2D eigenvalue weighted by Gasteiger charge is 2.43. The Morgan fingerprint density at radius 3 is 2.69 bits per heavy atom. The lowest BCUT2D eigenvalue weighted by atomic mass is 10.00. The number of para-hydroxylation sites is 1. The molecule has 1 aromatic carbocycles. The minimum Gasteiger partial charge on any atom is -0.593 e. The molecule has 1 aliphatic heterocycles. The van der Waals surface area contributed by atoms with Crippen molar-refractivity contribution in [3.05, 3.63) is 29.8 Å². The van der Waals surface area contributed by atoms with Gasteiger partial charge in [-0.3, -0.25) is 0 Å². The molecule has 0 aromatic heterocycles. The van der Waals surface area contributed by atoms with Gasteiger partial charge in [0.05, 0.1) is 22.6 Å². The SMILES string of the molecule is CC([Si])C(C)(C)N1c2ccccc2C[S+]1[O-]. The van der Waals surface area contributed by atoms with Gasteiger partial charge in [0.2, 0.25) is 0 Å². The van der Waals surface area contributed by atoms with Crippen LogP contribution in [0, 0.1) is 0 Å². The first kappa shape index (κ1) is 12.0. The van der Waals surface area contributed by atoms with Gasteiger partial charge in [-0.25, -0.2) is 0 Å². The van der Waals surface area contributed by atoms with E-state index in [0.29, 0.717) is 5.75 Å². The topological polar surface area (TPSA) is 26.3 Å². The third-order valence-corrected chi connectivity index (χ3v) is 5.62. The Morgan fingerprint density at radius 2 is 2.06 bits per heavy atom. The molecule has 0 fully saturated rings. The van der Waals surface area contributed by atoms with E-state index in [4.69, 9.17) is 0 Å². The van der Waals surface area contributed by atoms with Crippen LogP contribution in [0.4, 0.5) is 5.69 Å². The molecule has 0 saturated heterocycles. The van der Waals surface area contributed by atoms with Crippen LogP contribution in [0.3, 0.4) is 0 Å². The first-order chi connectivity index (χ1) is 7.44. The maximum absolute atomic E-state index is 12.2. The van der Waals surface area contributed by atoms with Crippen molar-refractivity contribution in [2.45, 2.75) is 37.6 Å². The van der Waals surface area contributed by atoms with E-state index in [-0.39, 0.29) is 11.1 Å². The van der Waals surface area contributed by atoms with Crippen LogP contribution in [0.5, 0.6) is 0 Å². The quantitative estimate of drug-likeness (QED) is 0.595. The fourth-order valence-corrected chi connectivity index (χ4v) is 3.83. The smallest absolute Gasteiger partial charge is 0.158 e. The van der Waals surface area contributed by atoms with Crippen LogP contribution in [0.25, 0.3) is 0 Å². The number of fused-ring (bicyclic) bond motifs is 1. The van der Waals surface area contributed by atoms with Gasteiger partial charge in [0.25, 0.3) is 0 Å². The molecule has 1 heterocycles. The Kier molecular flexibility index (Phi) is 3.07. The average molecular weight is 250 g/mol. The van der Waals surface area contributed by atoms with E-state index in [2.05, 4.69) is 43.1 Å². The van der Waals surface area contributed by atoms with E-state index in [1.807, 2.05) is 16.4 Å². The summed E-state index contributed by atoms with van der Waals surface area (Å²) in [6.07, 6.45) is 0. The van der Waals surface area contributed by atoms with Gasteiger partial charge in [-0.05, 0) is 25.5 Å². The molecule has 4 heteroatoms. The lowest BCUT2D eigenvalue weighted by Gasteiger charge is -2.38. The minimum absolute atomic E-state index is 0.158. The molecule has 2 nitrogen and oxygen atoms in total. The third kappa shape index (κ3) is 1.79. The van der Waals surface area contributed by atoms with Gasteiger partial charge in [-0.2, -0.15) is 4.31 Å². The van der Waals surface area contributed by atoms with Crippen LogP contribution in [-0.4, -0.2) is 20.3 Å². The van der Waals surface area contributed by atoms with E-state index in [9.17, 15) is 4.55 Å². The maximum atomic E-state index is 12.2. The Bertz CT molecular complexity index is 394. The van der Waals surface area contributed by atoms with Crippen molar-refractivity contribution in [3.8, 4) is 0 Å². The summed E-state index contributed by atoms with van der Waals surface area (Å²) in [5.41, 5.74) is 2.40. The van der Waals surface area contributed by atoms with Gasteiger partial charge in [-0.1, -0.05) is 25.1 Å². The fraction of sp³-hybridized carbons (Fsp3) is 0.500. The number of hydrogen-bond acceptors (Lipinski definition) is 2. The molecule has 16 heavy (non-hydrogen) atoms. The minimum atomic E-state index is -0.945.